The quantitative estimate of drug-likeness (QED) is 0.189. The van der Waals surface area contributed by atoms with Gasteiger partial charge < -0.3 is 15.2 Å². The molecule has 0 aliphatic rings. The van der Waals surface area contributed by atoms with E-state index in [2.05, 4.69) is 15.5 Å². The van der Waals surface area contributed by atoms with Crippen molar-refractivity contribution in [1.29, 1.82) is 0 Å². The van der Waals surface area contributed by atoms with E-state index >= 15 is 0 Å². The Bertz CT molecular complexity index is 1710. The average molecular weight is 596 g/mol. The molecule has 0 spiro atoms. The van der Waals surface area contributed by atoms with Gasteiger partial charge in [0, 0.05) is 16.0 Å². The fourth-order valence-corrected chi connectivity index (χ4v) is 5.02. The molecule has 0 bridgehead atoms. The van der Waals surface area contributed by atoms with Crippen LogP contribution in [0.2, 0.25) is 10.0 Å². The normalized spacial score (nSPS) is 11.4. The second kappa shape index (κ2) is 12.6. The smallest absolute Gasteiger partial charge is 0.870 e. The number of aryl methyl sites for hydroxylation is 1. The molecule has 0 aromatic heterocycles. The fourth-order valence-electron chi connectivity index (χ4n) is 3.78. The van der Waals surface area contributed by atoms with Crippen LogP contribution in [0, 0.1) is 0 Å². The molecular weight excluding hydrogens is 576 g/mol. The Morgan fingerprint density at radius 2 is 1.79 bits per heavy atom. The molecule has 196 valence electrons. The largest absolute Gasteiger partial charge is 1.00 e. The first kappa shape index (κ1) is 30.8. The second-order valence-electron chi connectivity index (χ2n) is 8.04. The Morgan fingerprint density at radius 1 is 1.08 bits per heavy atom. The fraction of sp³-hybridized carbons (Fsp3) is 0.115. The minimum absolute atomic E-state index is 0. The maximum Gasteiger partial charge on any atom is 1.00 e. The molecule has 4 rings (SSSR count). The van der Waals surface area contributed by atoms with Gasteiger partial charge >= 0.3 is 29.6 Å². The van der Waals surface area contributed by atoms with E-state index in [0.717, 1.165) is 6.07 Å². The number of ether oxygens (including phenoxy) is 1. The van der Waals surface area contributed by atoms with Crippen molar-refractivity contribution in [1.82, 2.24) is 0 Å². The van der Waals surface area contributed by atoms with Crippen molar-refractivity contribution in [2.24, 2.45) is 10.2 Å². The Kier molecular flexibility index (Phi) is 10.0. The van der Waals surface area contributed by atoms with Crippen molar-refractivity contribution >= 4 is 67.1 Å². The first-order valence-corrected chi connectivity index (χ1v) is 13.3. The Morgan fingerprint density at radius 3 is 2.46 bits per heavy atom. The number of anilines is 1. The number of benzene rings is 4. The van der Waals surface area contributed by atoms with E-state index in [1.807, 2.05) is 0 Å². The van der Waals surface area contributed by atoms with Crippen molar-refractivity contribution in [3.63, 3.8) is 0 Å². The molecule has 4 aromatic rings. The number of nitrogens with one attached hydrogen (secondary N) is 1. The summed E-state index contributed by atoms with van der Waals surface area (Å²) >= 11 is 12.4. The number of nitrogens with zero attached hydrogens (tertiary/aromatic N) is 2. The van der Waals surface area contributed by atoms with Gasteiger partial charge in [-0.3, -0.25) is 9.35 Å². The SMILES string of the molecule is CCc1cc(N=Nc2c([O-])c(C(=O)Nc3cccc(OC)c3Cl)cc3ccccc23)c(S(=O)(=O)O)cc1Cl.[Na+]. The molecule has 0 heterocycles. The van der Waals surface area contributed by atoms with Crippen molar-refractivity contribution < 1.29 is 57.2 Å². The molecule has 0 aliphatic heterocycles. The predicted molar refractivity (Wildman–Crippen MR) is 144 cm³/mol. The number of fused-ring (bicyclic) bond motifs is 1. The molecule has 0 unspecified atom stereocenters. The predicted octanol–water partition coefficient (Wildman–Crippen LogP) is 3.71. The van der Waals surface area contributed by atoms with Crippen LogP contribution in [0.4, 0.5) is 17.1 Å². The van der Waals surface area contributed by atoms with Crippen LogP contribution in [0.15, 0.2) is 75.8 Å². The molecule has 0 radical (unpaired) electrons. The maximum atomic E-state index is 13.4. The van der Waals surface area contributed by atoms with Crippen LogP contribution >= 0.6 is 23.2 Å². The molecule has 4 aromatic carbocycles. The van der Waals surface area contributed by atoms with Crippen LogP contribution in [-0.4, -0.2) is 26.0 Å². The summed E-state index contributed by atoms with van der Waals surface area (Å²) in [5.41, 5.74) is 0.146. The van der Waals surface area contributed by atoms with Crippen molar-refractivity contribution in [2.45, 2.75) is 18.2 Å². The topological polar surface area (TPSA) is 140 Å². The van der Waals surface area contributed by atoms with Gasteiger partial charge in [0.05, 0.1) is 18.5 Å². The van der Waals surface area contributed by atoms with Crippen LogP contribution in [0.5, 0.6) is 11.5 Å². The number of rotatable bonds is 7. The number of methoxy groups -OCH3 is 1. The van der Waals surface area contributed by atoms with Gasteiger partial charge in [0.25, 0.3) is 16.0 Å². The van der Waals surface area contributed by atoms with Gasteiger partial charge in [-0.1, -0.05) is 66.2 Å². The van der Waals surface area contributed by atoms with Crippen LogP contribution in [0.25, 0.3) is 10.8 Å². The number of azo groups is 1. The summed E-state index contributed by atoms with van der Waals surface area (Å²) in [5.74, 6) is -1.16. The molecule has 0 aliphatic carbocycles. The number of hydrogen-bond donors (Lipinski definition) is 2. The third kappa shape index (κ3) is 6.55. The van der Waals surface area contributed by atoms with Crippen LogP contribution in [0.1, 0.15) is 22.8 Å². The van der Waals surface area contributed by atoms with E-state index < -0.39 is 26.7 Å². The van der Waals surface area contributed by atoms with Gasteiger partial charge in [0.15, 0.2) is 0 Å². The van der Waals surface area contributed by atoms with Gasteiger partial charge in [0.1, 0.15) is 21.4 Å². The van der Waals surface area contributed by atoms with E-state index in [-0.39, 0.29) is 62.2 Å². The standard InChI is InChI=1S/C26H21Cl2N3O6S.Na/c1-3-14-12-20(22(13-18(14)27)38(34,35)36)30-31-24-16-8-5-4-7-15(16)11-17(25(24)32)26(33)29-19-9-6-10-21(37-2)23(19)28;/h4-13,32H,3H2,1-2H3,(H,29,33)(H,34,35,36);/q;+1/p-1. The minimum Gasteiger partial charge on any atom is -0.870 e. The first-order valence-electron chi connectivity index (χ1n) is 11.1. The van der Waals surface area contributed by atoms with Gasteiger partial charge in [-0.25, -0.2) is 0 Å². The molecule has 39 heavy (non-hydrogen) atoms. The van der Waals surface area contributed by atoms with Crippen molar-refractivity contribution in [2.75, 3.05) is 12.4 Å². The zero-order chi connectivity index (χ0) is 27.6. The second-order valence-corrected chi connectivity index (χ2v) is 10.2. The third-order valence-corrected chi connectivity index (χ3v) is 7.32. The number of amides is 1. The van der Waals surface area contributed by atoms with E-state index in [9.17, 15) is 22.9 Å². The van der Waals surface area contributed by atoms with E-state index in [1.165, 1.54) is 19.2 Å². The molecule has 1 amide bonds. The van der Waals surface area contributed by atoms with Gasteiger partial charge in [-0.15, -0.1) is 5.11 Å². The van der Waals surface area contributed by atoms with E-state index in [4.69, 9.17) is 27.9 Å². The molecule has 2 N–H and O–H groups in total. The monoisotopic (exact) mass is 595 g/mol. The third-order valence-electron chi connectivity index (χ3n) is 5.70. The zero-order valence-electron chi connectivity index (χ0n) is 21.0. The summed E-state index contributed by atoms with van der Waals surface area (Å²) in [4.78, 5) is 12.6. The molecule has 9 nitrogen and oxygen atoms in total. The van der Waals surface area contributed by atoms with Gasteiger partial charge in [-0.05, 0) is 47.7 Å². The van der Waals surface area contributed by atoms with Crippen LogP contribution in [0.3, 0.4) is 0 Å². The summed E-state index contributed by atoms with van der Waals surface area (Å²) in [5, 5.41) is 25.3. The van der Waals surface area contributed by atoms with E-state index in [1.54, 1.807) is 49.4 Å². The Balaban J connectivity index is 0.00000420. The first-order chi connectivity index (χ1) is 18.0. The molecule has 0 atom stereocenters. The average Bonchev–Trinajstić information content (AvgIpc) is 2.88. The summed E-state index contributed by atoms with van der Waals surface area (Å²) in [7, 11) is -3.28. The molecular formula is C26H20Cl2N3NaO6S. The van der Waals surface area contributed by atoms with Crippen molar-refractivity contribution in [3.05, 3.63) is 81.8 Å². The molecule has 0 saturated heterocycles. The van der Waals surface area contributed by atoms with Crippen molar-refractivity contribution in [3.8, 4) is 11.5 Å². The zero-order valence-corrected chi connectivity index (χ0v) is 25.4. The maximum absolute atomic E-state index is 13.4. The molecule has 13 heteroatoms. The van der Waals surface area contributed by atoms with Gasteiger partial charge in [-0.2, -0.15) is 13.5 Å². The van der Waals surface area contributed by atoms with Crippen LogP contribution in [-0.2, 0) is 16.5 Å². The number of carbonyl (C=O) groups excluding carboxylic acids is 1. The van der Waals surface area contributed by atoms with Gasteiger partial charge in [0.2, 0.25) is 0 Å². The molecule has 0 saturated carbocycles. The summed E-state index contributed by atoms with van der Waals surface area (Å²) in [6.45, 7) is 1.80. The van der Waals surface area contributed by atoms with E-state index in [0.29, 0.717) is 28.5 Å². The summed E-state index contributed by atoms with van der Waals surface area (Å²) in [6, 6.07) is 15.4. The number of hydrogen-bond acceptors (Lipinski definition) is 7. The minimum atomic E-state index is -4.71. The van der Waals surface area contributed by atoms with Crippen LogP contribution < -0.4 is 44.7 Å². The molecule has 0 fully saturated rings. The number of carbonyl (C=O) groups is 1. The Labute approximate surface area is 256 Å². The Hall–Kier alpha value is -2.70. The summed E-state index contributed by atoms with van der Waals surface area (Å²) in [6.07, 6.45) is 0.450. The summed E-state index contributed by atoms with van der Waals surface area (Å²) < 4.78 is 38.7. The number of halogens is 2.